The summed E-state index contributed by atoms with van der Waals surface area (Å²) < 4.78 is 0. The van der Waals surface area contributed by atoms with Crippen molar-refractivity contribution in [1.82, 2.24) is 10.3 Å². The number of nitrogen functional groups attached to an aromatic ring is 1. The lowest BCUT2D eigenvalue weighted by atomic mass is 9.77. The fraction of sp³-hybridized carbons (Fsp3) is 0.500. The summed E-state index contributed by atoms with van der Waals surface area (Å²) in [5.74, 6) is -0.208. The second kappa shape index (κ2) is 3.58. The third-order valence-corrected chi connectivity index (χ3v) is 2.94. The number of aromatic nitrogens is 1. The van der Waals surface area contributed by atoms with Crippen LogP contribution in [0, 0.1) is 0 Å². The predicted octanol–water partition coefficient (Wildman–Crippen LogP) is 0.242. The Hall–Kier alpha value is -1.49. The van der Waals surface area contributed by atoms with Gasteiger partial charge in [-0.3, -0.25) is 4.79 Å². The molecular formula is C10H15N3O2. The van der Waals surface area contributed by atoms with Gasteiger partial charge in [-0.15, -0.1) is 0 Å². The van der Waals surface area contributed by atoms with Crippen LogP contribution in [0.1, 0.15) is 29.8 Å². The van der Waals surface area contributed by atoms with Crippen molar-refractivity contribution < 1.29 is 9.90 Å². The minimum atomic E-state index is -0.406. The smallest absolute Gasteiger partial charge is 0.268 e. The monoisotopic (exact) mass is 209 g/mol. The highest BCUT2D eigenvalue weighted by molar-refractivity contribution is 5.94. The SMILES string of the molecule is Nc1c[nH]c(C(=O)NC2(CO)CCC2)c1. The first-order valence-electron chi connectivity index (χ1n) is 5.02. The van der Waals surface area contributed by atoms with E-state index in [-0.39, 0.29) is 12.5 Å². The van der Waals surface area contributed by atoms with E-state index in [9.17, 15) is 9.90 Å². The van der Waals surface area contributed by atoms with Crippen LogP contribution < -0.4 is 11.1 Å². The number of hydrogen-bond acceptors (Lipinski definition) is 3. The maximum Gasteiger partial charge on any atom is 0.268 e. The van der Waals surface area contributed by atoms with Crippen LogP contribution in [0.15, 0.2) is 12.3 Å². The number of nitrogens with two attached hydrogens (primary N) is 1. The number of hydrogen-bond donors (Lipinski definition) is 4. The molecule has 0 unspecified atom stereocenters. The maximum absolute atomic E-state index is 11.7. The minimum absolute atomic E-state index is 0.00503. The van der Waals surface area contributed by atoms with Gasteiger partial charge in [0.2, 0.25) is 0 Å². The lowest BCUT2D eigenvalue weighted by molar-refractivity contribution is 0.0638. The van der Waals surface area contributed by atoms with Crippen LogP contribution in [0.2, 0.25) is 0 Å². The quantitative estimate of drug-likeness (QED) is 0.574. The number of carbonyl (C=O) groups is 1. The predicted molar refractivity (Wildman–Crippen MR) is 56.3 cm³/mol. The molecule has 2 rings (SSSR count). The lowest BCUT2D eigenvalue weighted by Gasteiger charge is -2.40. The summed E-state index contributed by atoms with van der Waals surface area (Å²) in [5, 5.41) is 12.0. The number of aliphatic hydroxyl groups is 1. The minimum Gasteiger partial charge on any atom is -0.397 e. The van der Waals surface area contributed by atoms with Crippen LogP contribution in [-0.2, 0) is 0 Å². The van der Waals surface area contributed by atoms with E-state index in [1.165, 1.54) is 0 Å². The van der Waals surface area contributed by atoms with E-state index in [4.69, 9.17) is 5.73 Å². The highest BCUT2D eigenvalue weighted by atomic mass is 16.3. The molecule has 5 N–H and O–H groups in total. The maximum atomic E-state index is 11.7. The van der Waals surface area contributed by atoms with Gasteiger partial charge in [0.05, 0.1) is 12.1 Å². The summed E-state index contributed by atoms with van der Waals surface area (Å²) in [7, 11) is 0. The Kier molecular flexibility index (Phi) is 2.40. The fourth-order valence-electron chi connectivity index (χ4n) is 1.78. The van der Waals surface area contributed by atoms with Gasteiger partial charge in [0.15, 0.2) is 0 Å². The largest absolute Gasteiger partial charge is 0.397 e. The molecule has 82 valence electrons. The van der Waals surface area contributed by atoms with Crippen LogP contribution >= 0.6 is 0 Å². The number of anilines is 1. The Balaban J connectivity index is 2.03. The molecule has 1 aromatic rings. The summed E-state index contributed by atoms with van der Waals surface area (Å²) in [6, 6.07) is 1.58. The Morgan fingerprint density at radius 1 is 1.67 bits per heavy atom. The average molecular weight is 209 g/mol. The Labute approximate surface area is 87.7 Å². The van der Waals surface area contributed by atoms with Crippen molar-refractivity contribution in [2.24, 2.45) is 0 Å². The number of carbonyl (C=O) groups excluding carboxylic acids is 1. The summed E-state index contributed by atoms with van der Waals surface area (Å²) in [6.07, 6.45) is 4.30. The molecule has 0 bridgehead atoms. The lowest BCUT2D eigenvalue weighted by Crippen LogP contribution is -2.56. The first-order valence-corrected chi connectivity index (χ1v) is 5.02. The molecule has 1 saturated carbocycles. The zero-order valence-electron chi connectivity index (χ0n) is 8.42. The molecule has 1 aliphatic carbocycles. The van der Waals surface area contributed by atoms with E-state index in [0.717, 1.165) is 19.3 Å². The molecule has 0 aliphatic heterocycles. The van der Waals surface area contributed by atoms with Gasteiger partial charge in [-0.05, 0) is 25.3 Å². The third kappa shape index (κ3) is 1.83. The molecular weight excluding hydrogens is 194 g/mol. The standard InChI is InChI=1S/C10H15N3O2/c11-7-4-8(12-5-7)9(15)13-10(6-14)2-1-3-10/h4-5,12,14H,1-3,6,11H2,(H,13,15). The van der Waals surface area contributed by atoms with Crippen LogP contribution in [-0.4, -0.2) is 28.1 Å². The number of nitrogens with one attached hydrogen (secondary N) is 2. The first-order chi connectivity index (χ1) is 7.15. The van der Waals surface area contributed by atoms with Gasteiger partial charge in [0, 0.05) is 11.9 Å². The molecule has 1 aliphatic rings. The number of rotatable bonds is 3. The van der Waals surface area contributed by atoms with Gasteiger partial charge in [0.25, 0.3) is 5.91 Å². The van der Waals surface area contributed by atoms with Gasteiger partial charge >= 0.3 is 0 Å². The summed E-state index contributed by atoms with van der Waals surface area (Å²) in [6.45, 7) is -0.00503. The second-order valence-electron chi connectivity index (χ2n) is 4.09. The third-order valence-electron chi connectivity index (χ3n) is 2.94. The molecule has 5 heteroatoms. The average Bonchev–Trinajstić information content (AvgIpc) is 2.58. The second-order valence-corrected chi connectivity index (χ2v) is 4.09. The zero-order chi connectivity index (χ0) is 10.9. The zero-order valence-corrected chi connectivity index (χ0v) is 8.42. The van der Waals surface area contributed by atoms with Gasteiger partial charge in [0.1, 0.15) is 5.69 Å². The van der Waals surface area contributed by atoms with E-state index in [2.05, 4.69) is 10.3 Å². The van der Waals surface area contributed by atoms with Gasteiger partial charge in [-0.1, -0.05) is 0 Å². The molecule has 1 amide bonds. The molecule has 1 heterocycles. The number of aromatic amines is 1. The molecule has 0 atom stereocenters. The van der Waals surface area contributed by atoms with E-state index in [1.807, 2.05) is 0 Å². The molecule has 1 aromatic heterocycles. The summed E-state index contributed by atoms with van der Waals surface area (Å²) >= 11 is 0. The van der Waals surface area contributed by atoms with Crippen molar-refractivity contribution in [2.45, 2.75) is 24.8 Å². The number of aliphatic hydroxyl groups excluding tert-OH is 1. The molecule has 1 fully saturated rings. The molecule has 0 radical (unpaired) electrons. The van der Waals surface area contributed by atoms with Crippen molar-refractivity contribution in [3.63, 3.8) is 0 Å². The molecule has 0 aromatic carbocycles. The normalized spacial score (nSPS) is 18.2. The molecule has 15 heavy (non-hydrogen) atoms. The van der Waals surface area contributed by atoms with Crippen molar-refractivity contribution in [1.29, 1.82) is 0 Å². The van der Waals surface area contributed by atoms with E-state index >= 15 is 0 Å². The van der Waals surface area contributed by atoms with Gasteiger partial charge in [-0.25, -0.2) is 0 Å². The van der Waals surface area contributed by atoms with Crippen LogP contribution in [0.3, 0.4) is 0 Å². The fourth-order valence-corrected chi connectivity index (χ4v) is 1.78. The van der Waals surface area contributed by atoms with Crippen LogP contribution in [0.4, 0.5) is 5.69 Å². The van der Waals surface area contributed by atoms with Crippen molar-refractivity contribution in [2.75, 3.05) is 12.3 Å². The number of H-pyrrole nitrogens is 1. The Morgan fingerprint density at radius 3 is 2.80 bits per heavy atom. The van der Waals surface area contributed by atoms with Crippen molar-refractivity contribution in [3.05, 3.63) is 18.0 Å². The Morgan fingerprint density at radius 2 is 2.40 bits per heavy atom. The highest BCUT2D eigenvalue weighted by Gasteiger charge is 2.37. The van der Waals surface area contributed by atoms with Crippen LogP contribution in [0.25, 0.3) is 0 Å². The van der Waals surface area contributed by atoms with Gasteiger partial charge < -0.3 is 21.1 Å². The van der Waals surface area contributed by atoms with Crippen molar-refractivity contribution >= 4 is 11.6 Å². The molecule has 0 spiro atoms. The van der Waals surface area contributed by atoms with E-state index in [1.54, 1.807) is 12.3 Å². The molecule has 0 saturated heterocycles. The summed E-state index contributed by atoms with van der Waals surface area (Å²) in [5.41, 5.74) is 6.06. The van der Waals surface area contributed by atoms with Crippen LogP contribution in [0.5, 0.6) is 0 Å². The highest BCUT2D eigenvalue weighted by Crippen LogP contribution is 2.31. The van der Waals surface area contributed by atoms with Crippen molar-refractivity contribution in [3.8, 4) is 0 Å². The topological polar surface area (TPSA) is 91.1 Å². The van der Waals surface area contributed by atoms with Gasteiger partial charge in [-0.2, -0.15) is 0 Å². The molecule has 5 nitrogen and oxygen atoms in total. The number of amides is 1. The summed E-state index contributed by atoms with van der Waals surface area (Å²) in [4.78, 5) is 14.5. The van der Waals surface area contributed by atoms with E-state index < -0.39 is 5.54 Å². The Bertz CT molecular complexity index is 363. The first kappa shape index (κ1) is 10.0. The van der Waals surface area contributed by atoms with E-state index in [0.29, 0.717) is 11.4 Å².